The van der Waals surface area contributed by atoms with Gasteiger partial charge in [-0.3, -0.25) is 9.69 Å². The van der Waals surface area contributed by atoms with Crippen molar-refractivity contribution in [2.24, 2.45) is 11.8 Å². The van der Waals surface area contributed by atoms with Crippen LogP contribution in [-0.4, -0.2) is 118 Å². The minimum Gasteiger partial charge on any atom is -0.457 e. The van der Waals surface area contributed by atoms with E-state index < -0.39 is 36.0 Å². The van der Waals surface area contributed by atoms with Gasteiger partial charge in [-0.15, -0.1) is 0 Å². The highest BCUT2D eigenvalue weighted by molar-refractivity contribution is 5.70. The van der Waals surface area contributed by atoms with Crippen molar-refractivity contribution in [1.82, 2.24) is 14.7 Å². The summed E-state index contributed by atoms with van der Waals surface area (Å²) < 4.78 is 17.5. The predicted molar refractivity (Wildman–Crippen MR) is 197 cm³/mol. The third-order valence-corrected chi connectivity index (χ3v) is 11.3. The number of piperazine rings is 1. The molecule has 11 nitrogen and oxygen atoms in total. The predicted octanol–water partition coefficient (Wildman–Crippen LogP) is 6.38. The Morgan fingerprint density at radius 3 is 2.27 bits per heavy atom. The number of carbonyl (C=O) groups is 3. The zero-order valence-corrected chi connectivity index (χ0v) is 32.0. The third kappa shape index (κ3) is 12.1. The Kier molecular flexibility index (Phi) is 15.4. The van der Waals surface area contributed by atoms with E-state index in [-0.39, 0.29) is 55.9 Å². The molecule has 0 aromatic carbocycles. The van der Waals surface area contributed by atoms with E-state index in [2.05, 4.69) is 4.90 Å². The van der Waals surface area contributed by atoms with Crippen molar-refractivity contribution in [1.29, 1.82) is 0 Å². The zero-order chi connectivity index (χ0) is 37.1. The molecule has 1 aliphatic carbocycles. The number of aliphatic hydroxyl groups is 2. The largest absolute Gasteiger partial charge is 0.457 e. The molecular weight excluding hydrogens is 650 g/mol. The van der Waals surface area contributed by atoms with Crippen LogP contribution >= 0.6 is 0 Å². The van der Waals surface area contributed by atoms with Gasteiger partial charge < -0.3 is 34.2 Å². The van der Waals surface area contributed by atoms with Crippen molar-refractivity contribution in [3.8, 4) is 0 Å². The lowest BCUT2D eigenvalue weighted by molar-refractivity contribution is -0.151. The summed E-state index contributed by atoms with van der Waals surface area (Å²) in [6.45, 7) is 14.5. The first-order valence-electron chi connectivity index (χ1n) is 19.5. The quantitative estimate of drug-likeness (QED) is 0.101. The molecule has 0 spiro atoms. The topological polar surface area (TPSA) is 129 Å². The van der Waals surface area contributed by atoms with Crippen LogP contribution in [0.1, 0.15) is 112 Å². The molecule has 2 amide bonds. The Morgan fingerprint density at radius 1 is 0.980 bits per heavy atom. The summed E-state index contributed by atoms with van der Waals surface area (Å²) in [5.74, 6) is -0.894. The van der Waals surface area contributed by atoms with E-state index in [4.69, 9.17) is 14.2 Å². The van der Waals surface area contributed by atoms with Gasteiger partial charge in [0.15, 0.2) is 6.10 Å². The van der Waals surface area contributed by atoms with Gasteiger partial charge in [-0.2, -0.15) is 0 Å². The fourth-order valence-electron chi connectivity index (χ4n) is 7.91. The maximum Gasteiger partial charge on any atom is 0.410 e. The number of rotatable bonds is 7. The van der Waals surface area contributed by atoms with E-state index in [1.807, 2.05) is 63.8 Å². The lowest BCUT2D eigenvalue weighted by Crippen LogP contribution is -2.53. The number of amides is 2. The molecule has 4 aliphatic rings. The van der Waals surface area contributed by atoms with Gasteiger partial charge in [0.1, 0.15) is 11.7 Å². The fraction of sp³-hybridized carbons (Fsp3) is 0.775. The van der Waals surface area contributed by atoms with Gasteiger partial charge >= 0.3 is 18.2 Å². The number of hydrogen-bond acceptors (Lipinski definition) is 9. The second-order valence-electron chi connectivity index (χ2n) is 15.9. The highest BCUT2D eigenvalue weighted by Gasteiger charge is 2.37. The molecule has 4 rings (SSSR count). The number of allylic oxidation sites excluding steroid dienone is 2. The lowest BCUT2D eigenvalue weighted by atomic mass is 9.89. The van der Waals surface area contributed by atoms with E-state index in [0.717, 1.165) is 31.5 Å². The molecule has 3 heterocycles. The van der Waals surface area contributed by atoms with Crippen LogP contribution in [0.15, 0.2) is 36.0 Å². The Morgan fingerprint density at radius 2 is 1.63 bits per heavy atom. The highest BCUT2D eigenvalue weighted by Crippen LogP contribution is 2.29. The van der Waals surface area contributed by atoms with Crippen LogP contribution in [0.25, 0.3) is 0 Å². The average Bonchev–Trinajstić information content (AvgIpc) is 3.25. The van der Waals surface area contributed by atoms with Gasteiger partial charge in [-0.05, 0) is 77.9 Å². The van der Waals surface area contributed by atoms with Crippen molar-refractivity contribution in [2.75, 3.05) is 32.8 Å². The Balaban J connectivity index is 1.39. The number of cyclic esters (lactones) is 1. The maximum atomic E-state index is 13.5. The summed E-state index contributed by atoms with van der Waals surface area (Å²) >= 11 is 0. The maximum absolute atomic E-state index is 13.5. The molecule has 0 aromatic rings. The summed E-state index contributed by atoms with van der Waals surface area (Å²) in [7, 11) is 0. The van der Waals surface area contributed by atoms with Gasteiger partial charge in [0.05, 0.1) is 19.1 Å². The summed E-state index contributed by atoms with van der Waals surface area (Å²) in [5.41, 5.74) is -0.690. The van der Waals surface area contributed by atoms with Crippen molar-refractivity contribution in [3.05, 3.63) is 36.0 Å². The summed E-state index contributed by atoms with van der Waals surface area (Å²) in [5, 5.41) is 22.2. The first kappa shape index (κ1) is 40.9. The van der Waals surface area contributed by atoms with Crippen LogP contribution in [0.3, 0.4) is 0 Å². The van der Waals surface area contributed by atoms with Gasteiger partial charge in [-0.25, -0.2) is 9.59 Å². The van der Waals surface area contributed by atoms with Crippen LogP contribution in [0, 0.1) is 11.8 Å². The molecule has 1 saturated carbocycles. The number of nitrogens with zero attached hydrogens (tertiary/aromatic N) is 3. The third-order valence-electron chi connectivity index (χ3n) is 11.3. The van der Waals surface area contributed by atoms with E-state index in [0.29, 0.717) is 19.1 Å². The molecule has 3 fully saturated rings. The second-order valence-corrected chi connectivity index (χ2v) is 15.9. The average molecular weight is 716 g/mol. The van der Waals surface area contributed by atoms with Crippen molar-refractivity contribution >= 4 is 18.2 Å². The first-order chi connectivity index (χ1) is 24.2. The Bertz CT molecular complexity index is 1220. The molecule has 11 heteroatoms. The monoisotopic (exact) mass is 715 g/mol. The van der Waals surface area contributed by atoms with Gasteiger partial charge in [0, 0.05) is 56.1 Å². The van der Waals surface area contributed by atoms with E-state index in [9.17, 15) is 24.6 Å². The Hall–Kier alpha value is -2.89. The second kappa shape index (κ2) is 19.3. The molecule has 0 aromatic heterocycles. The van der Waals surface area contributed by atoms with Gasteiger partial charge in [-0.1, -0.05) is 63.8 Å². The molecular formula is C40H65N3O8. The van der Waals surface area contributed by atoms with Crippen molar-refractivity contribution < 1.29 is 38.8 Å². The number of hydrogen-bond donors (Lipinski definition) is 2. The van der Waals surface area contributed by atoms with Gasteiger partial charge in [0.2, 0.25) is 0 Å². The van der Waals surface area contributed by atoms with Crippen molar-refractivity contribution in [2.45, 2.75) is 154 Å². The highest BCUT2D eigenvalue weighted by atomic mass is 16.6. The van der Waals surface area contributed by atoms with E-state index >= 15 is 0 Å². The molecule has 3 aliphatic heterocycles. The van der Waals surface area contributed by atoms with Crippen LogP contribution in [0.2, 0.25) is 0 Å². The van der Waals surface area contributed by atoms with Crippen LogP contribution < -0.4 is 0 Å². The van der Waals surface area contributed by atoms with Gasteiger partial charge in [0.25, 0.3) is 0 Å². The smallest absolute Gasteiger partial charge is 0.410 e. The summed E-state index contributed by atoms with van der Waals surface area (Å²) in [6.07, 6.45) is 15.4. The Labute approximate surface area is 306 Å². The number of aliphatic hydroxyl groups excluding tert-OH is 1. The zero-order valence-electron chi connectivity index (χ0n) is 32.0. The number of carbonyl (C=O) groups excluding carboxylic acids is 3. The standard InChI is InChI=1S/C40H65N3O8/c1-28(27-49-39(47)43-31(4)17-18-32(43)5)12-11-13-29(2)37-30(3)16-19-35(40(6,48)21-20-34(44)26-36(45)51-37)50-38(46)42-24-22-41(23-25-42)33-14-9-7-8-10-15-33/h11-13,16,19,28,30-35,37,44,48H,7-10,14-15,17-18,20-27H2,1-6H3/b12-11+,19-16+,29-13+/t28-,30+,31-,32-,34-,35+,37-,40-/m1/s1. The lowest BCUT2D eigenvalue weighted by Gasteiger charge is -2.40. The molecule has 2 saturated heterocycles. The van der Waals surface area contributed by atoms with Crippen molar-refractivity contribution in [3.63, 3.8) is 0 Å². The first-order valence-corrected chi connectivity index (χ1v) is 19.5. The number of esters is 1. The molecule has 288 valence electrons. The van der Waals surface area contributed by atoms with Crippen LogP contribution in [-0.2, 0) is 19.0 Å². The summed E-state index contributed by atoms with van der Waals surface area (Å²) in [6, 6.07) is 0.948. The molecule has 51 heavy (non-hydrogen) atoms. The molecule has 0 radical (unpaired) electrons. The van der Waals surface area contributed by atoms with E-state index in [1.165, 1.54) is 38.5 Å². The molecule has 0 unspecified atom stereocenters. The minimum absolute atomic E-state index is 0.0324. The molecule has 0 bridgehead atoms. The summed E-state index contributed by atoms with van der Waals surface area (Å²) in [4.78, 5) is 45.0. The number of ether oxygens (including phenoxy) is 3. The normalized spacial score (nSPS) is 33.9. The number of likely N-dealkylation sites (tertiary alicyclic amines) is 1. The van der Waals surface area contributed by atoms with Crippen LogP contribution in [0.4, 0.5) is 9.59 Å². The molecule has 2 N–H and O–H groups in total. The van der Waals surface area contributed by atoms with Crippen LogP contribution in [0.5, 0.6) is 0 Å². The molecule has 8 atom stereocenters. The SMILES string of the molecule is C/C(=C\C=C\[C@@H](C)COC(=O)N1[C@H](C)CC[C@H]1C)[C@H]1OC(=O)C[C@H](O)CC[C@@](C)(O)[C@@H](OC(=O)N2CCN(C3CCCCCC3)CC2)/C=C/[C@@H]1C. The minimum atomic E-state index is -1.47. The van der Waals surface area contributed by atoms with E-state index in [1.54, 1.807) is 17.9 Å². The fourth-order valence-corrected chi connectivity index (χ4v) is 7.91.